The Morgan fingerprint density at radius 2 is 0.592 bits per heavy atom. The van der Waals surface area contributed by atoms with Gasteiger partial charge in [0.05, 0.1) is 0 Å². The summed E-state index contributed by atoms with van der Waals surface area (Å²) in [6.45, 7) is 0. The first-order chi connectivity index (χ1) is 24.3. The number of benzene rings is 8. The summed E-state index contributed by atoms with van der Waals surface area (Å²) in [7, 11) is 0. The second-order valence-corrected chi connectivity index (χ2v) is 12.9. The van der Waals surface area contributed by atoms with Crippen LogP contribution in [0.5, 0.6) is 0 Å². The molecule has 0 saturated heterocycles. The van der Waals surface area contributed by atoms with Crippen molar-refractivity contribution in [3.8, 4) is 77.9 Å². The highest BCUT2D eigenvalue weighted by atomic mass is 14.3. The van der Waals surface area contributed by atoms with Crippen LogP contribution in [-0.2, 0) is 6.42 Å². The lowest BCUT2D eigenvalue weighted by atomic mass is 9.92. The van der Waals surface area contributed by atoms with E-state index in [1.165, 1.54) is 89.0 Å². The minimum Gasteiger partial charge on any atom is -0.0622 e. The van der Waals surface area contributed by atoms with Crippen molar-refractivity contribution in [1.82, 2.24) is 0 Å². The van der Waals surface area contributed by atoms with Gasteiger partial charge < -0.3 is 0 Å². The number of hydrogen-bond acceptors (Lipinski definition) is 0. The maximum absolute atomic E-state index is 2.40. The van der Waals surface area contributed by atoms with E-state index < -0.39 is 0 Å². The van der Waals surface area contributed by atoms with Gasteiger partial charge in [-0.2, -0.15) is 0 Å². The summed E-state index contributed by atoms with van der Waals surface area (Å²) in [5.74, 6) is 0. The van der Waals surface area contributed by atoms with Gasteiger partial charge in [0.2, 0.25) is 0 Å². The van der Waals surface area contributed by atoms with Crippen molar-refractivity contribution in [3.63, 3.8) is 0 Å². The average molecular weight is 623 g/mol. The second-order valence-electron chi connectivity index (χ2n) is 12.9. The van der Waals surface area contributed by atoms with E-state index in [-0.39, 0.29) is 0 Å². The second kappa shape index (κ2) is 12.4. The highest BCUT2D eigenvalue weighted by molar-refractivity contribution is 5.88. The van der Waals surface area contributed by atoms with Crippen LogP contribution in [0.25, 0.3) is 77.9 Å². The predicted molar refractivity (Wildman–Crippen MR) is 207 cm³/mol. The Morgan fingerprint density at radius 1 is 0.224 bits per heavy atom. The molecule has 8 aromatic rings. The Kier molecular flexibility index (Phi) is 7.33. The molecular formula is C49H34. The maximum atomic E-state index is 2.40. The standard InChI is InChI=1S/C49H34/c1-3-10-34(11-4-1)36-20-24-38(25-21-36)40-14-7-16-42(30-40)43-28-29-45-33-49-46(18-9-19-47(49)48(45)32-43)44-17-8-15-41(31-44)39-26-22-37(23-27-39)35-12-5-2-6-13-35/h1-32H,33H2. The molecule has 0 fully saturated rings. The molecular weight excluding hydrogens is 589 g/mol. The molecule has 49 heavy (non-hydrogen) atoms. The topological polar surface area (TPSA) is 0 Å². The summed E-state index contributed by atoms with van der Waals surface area (Å²) < 4.78 is 0. The zero-order chi connectivity index (χ0) is 32.6. The molecule has 0 bridgehead atoms. The first-order valence-electron chi connectivity index (χ1n) is 17.0. The van der Waals surface area contributed by atoms with Gasteiger partial charge in [0.25, 0.3) is 0 Å². The molecule has 0 atom stereocenters. The molecule has 8 aromatic carbocycles. The van der Waals surface area contributed by atoms with E-state index in [0.717, 1.165) is 6.42 Å². The van der Waals surface area contributed by atoms with Crippen LogP contribution in [0.15, 0.2) is 194 Å². The zero-order valence-corrected chi connectivity index (χ0v) is 27.2. The summed E-state index contributed by atoms with van der Waals surface area (Å²) in [6, 6.07) is 70.7. The summed E-state index contributed by atoms with van der Waals surface area (Å²) >= 11 is 0. The lowest BCUT2D eigenvalue weighted by molar-refractivity contribution is 1.26. The number of hydrogen-bond donors (Lipinski definition) is 0. The van der Waals surface area contributed by atoms with E-state index >= 15 is 0 Å². The van der Waals surface area contributed by atoms with Crippen molar-refractivity contribution in [1.29, 1.82) is 0 Å². The van der Waals surface area contributed by atoms with Gasteiger partial charge in [-0.15, -0.1) is 0 Å². The average Bonchev–Trinajstić information content (AvgIpc) is 3.57. The molecule has 9 rings (SSSR count). The van der Waals surface area contributed by atoms with Gasteiger partial charge in [-0.1, -0.05) is 176 Å². The van der Waals surface area contributed by atoms with E-state index in [9.17, 15) is 0 Å². The van der Waals surface area contributed by atoms with Crippen molar-refractivity contribution in [2.75, 3.05) is 0 Å². The summed E-state index contributed by atoms with van der Waals surface area (Å²) in [4.78, 5) is 0. The van der Waals surface area contributed by atoms with Crippen molar-refractivity contribution >= 4 is 0 Å². The van der Waals surface area contributed by atoms with Crippen LogP contribution < -0.4 is 0 Å². The Labute approximate surface area is 288 Å². The highest BCUT2D eigenvalue weighted by Crippen LogP contribution is 2.44. The van der Waals surface area contributed by atoms with Crippen molar-refractivity contribution in [3.05, 3.63) is 205 Å². The molecule has 1 aliphatic carbocycles. The zero-order valence-electron chi connectivity index (χ0n) is 27.2. The molecule has 230 valence electrons. The molecule has 0 aliphatic heterocycles. The Bertz CT molecular complexity index is 2420. The third-order valence-electron chi connectivity index (χ3n) is 9.96. The van der Waals surface area contributed by atoms with Crippen LogP contribution in [0, 0.1) is 0 Å². The van der Waals surface area contributed by atoms with Crippen LogP contribution >= 0.6 is 0 Å². The lowest BCUT2D eigenvalue weighted by Gasteiger charge is -2.12. The maximum Gasteiger partial charge on any atom is -0.000728 e. The van der Waals surface area contributed by atoms with E-state index in [1.54, 1.807) is 0 Å². The summed E-state index contributed by atoms with van der Waals surface area (Å²) in [6.07, 6.45) is 0.949. The van der Waals surface area contributed by atoms with Gasteiger partial charge in [-0.05, 0) is 114 Å². The van der Waals surface area contributed by atoms with Crippen molar-refractivity contribution in [2.24, 2.45) is 0 Å². The fourth-order valence-electron chi connectivity index (χ4n) is 7.37. The third kappa shape index (κ3) is 5.58. The van der Waals surface area contributed by atoms with E-state index in [0.29, 0.717) is 0 Å². The number of fused-ring (bicyclic) bond motifs is 3. The molecule has 0 saturated carbocycles. The first-order valence-corrected chi connectivity index (χ1v) is 17.0. The molecule has 1 aliphatic rings. The quantitative estimate of drug-likeness (QED) is 0.173. The van der Waals surface area contributed by atoms with Gasteiger partial charge in [-0.3, -0.25) is 0 Å². The largest absolute Gasteiger partial charge is 0.0622 e. The van der Waals surface area contributed by atoms with Gasteiger partial charge in [-0.25, -0.2) is 0 Å². The van der Waals surface area contributed by atoms with Gasteiger partial charge >= 0.3 is 0 Å². The molecule has 0 nitrogen and oxygen atoms in total. The Balaban J connectivity index is 1.01. The first kappa shape index (κ1) is 28.9. The molecule has 0 amide bonds. The molecule has 0 aromatic heterocycles. The van der Waals surface area contributed by atoms with Gasteiger partial charge in [0, 0.05) is 0 Å². The molecule has 0 radical (unpaired) electrons. The van der Waals surface area contributed by atoms with E-state index in [1.807, 2.05) is 0 Å². The molecule has 0 heteroatoms. The monoisotopic (exact) mass is 622 g/mol. The third-order valence-corrected chi connectivity index (χ3v) is 9.96. The van der Waals surface area contributed by atoms with Crippen LogP contribution in [0.4, 0.5) is 0 Å². The SMILES string of the molecule is c1ccc(-c2ccc(-c3cccc(-c4ccc5c(c4)-c4cccc(-c6cccc(-c7ccc(-c8ccccc8)cc7)c6)c4C5)c3)cc2)cc1. The molecule has 0 heterocycles. The minimum absolute atomic E-state index is 0.949. The van der Waals surface area contributed by atoms with Crippen LogP contribution in [-0.4, -0.2) is 0 Å². The van der Waals surface area contributed by atoms with Crippen molar-refractivity contribution < 1.29 is 0 Å². The number of rotatable bonds is 6. The Hall–Kier alpha value is -6.24. The van der Waals surface area contributed by atoms with Crippen molar-refractivity contribution in [2.45, 2.75) is 6.42 Å². The normalized spacial score (nSPS) is 11.6. The Morgan fingerprint density at radius 3 is 1.16 bits per heavy atom. The van der Waals surface area contributed by atoms with Crippen LogP contribution in [0.2, 0.25) is 0 Å². The molecule has 0 spiro atoms. The lowest BCUT2D eigenvalue weighted by Crippen LogP contribution is -1.89. The van der Waals surface area contributed by atoms with Gasteiger partial charge in [0.1, 0.15) is 0 Å². The highest BCUT2D eigenvalue weighted by Gasteiger charge is 2.22. The van der Waals surface area contributed by atoms with E-state index in [2.05, 4.69) is 194 Å². The predicted octanol–water partition coefficient (Wildman–Crippen LogP) is 13.3. The van der Waals surface area contributed by atoms with Gasteiger partial charge in [0.15, 0.2) is 0 Å². The van der Waals surface area contributed by atoms with Crippen LogP contribution in [0.3, 0.4) is 0 Å². The van der Waals surface area contributed by atoms with Crippen LogP contribution in [0.1, 0.15) is 11.1 Å². The summed E-state index contributed by atoms with van der Waals surface area (Å²) in [5, 5.41) is 0. The van der Waals surface area contributed by atoms with E-state index in [4.69, 9.17) is 0 Å². The summed E-state index contributed by atoms with van der Waals surface area (Å²) in [5.41, 5.74) is 20.5. The fraction of sp³-hybridized carbons (Fsp3) is 0.0204. The minimum atomic E-state index is 0.949. The smallest absolute Gasteiger partial charge is 0.000728 e. The fourth-order valence-corrected chi connectivity index (χ4v) is 7.37. The molecule has 0 N–H and O–H groups in total. The molecule has 0 unspecified atom stereocenters.